The molecule has 1 heterocycles. The number of carbonyl (C=O) groups is 3. The molecule has 27 heavy (non-hydrogen) atoms. The number of hydroxylamine groups is 2. The normalized spacial score (nSPS) is 18.6. The lowest BCUT2D eigenvalue weighted by atomic mass is 9.98. The van der Waals surface area contributed by atoms with E-state index >= 15 is 0 Å². The molecule has 9 nitrogen and oxygen atoms in total. The molecular weight excluding hydrogens is 377 g/mol. The first-order valence-electron chi connectivity index (χ1n) is 8.74. The van der Waals surface area contributed by atoms with Crippen LogP contribution in [0.3, 0.4) is 0 Å². The summed E-state index contributed by atoms with van der Waals surface area (Å²) < 4.78 is 21.1. The molecule has 1 amide bonds. The number of esters is 2. The van der Waals surface area contributed by atoms with Crippen LogP contribution in [0.1, 0.15) is 54.4 Å². The van der Waals surface area contributed by atoms with Gasteiger partial charge in [0.1, 0.15) is 5.66 Å². The summed E-state index contributed by atoms with van der Waals surface area (Å²) in [6.07, 6.45) is 1.02. The molecule has 0 aromatic heterocycles. The van der Waals surface area contributed by atoms with E-state index in [9.17, 15) is 19.6 Å². The van der Waals surface area contributed by atoms with Crippen LogP contribution in [-0.2, 0) is 32.9 Å². The van der Waals surface area contributed by atoms with Crippen LogP contribution in [0.4, 0.5) is 0 Å². The molecule has 1 aliphatic heterocycles. The van der Waals surface area contributed by atoms with E-state index in [-0.39, 0.29) is 6.54 Å². The van der Waals surface area contributed by atoms with Gasteiger partial charge in [-0.3, -0.25) is 28.6 Å². The number of piperidine rings is 1. The van der Waals surface area contributed by atoms with Crippen molar-refractivity contribution in [1.82, 2.24) is 5.06 Å². The topological polar surface area (TPSA) is 112 Å². The molecule has 1 saturated heterocycles. The van der Waals surface area contributed by atoms with Crippen molar-refractivity contribution in [3.05, 3.63) is 0 Å². The Morgan fingerprint density at radius 3 is 1.89 bits per heavy atom. The molecule has 156 valence electrons. The van der Waals surface area contributed by atoms with Gasteiger partial charge in [0.05, 0.1) is 10.8 Å². The zero-order valence-electron chi connectivity index (χ0n) is 16.8. The molecule has 0 aromatic carbocycles. The number of nitrogens with zero attached hydrogens (tertiary/aromatic N) is 1. The molecule has 0 bridgehead atoms. The zero-order valence-corrected chi connectivity index (χ0v) is 17.7. The lowest BCUT2D eigenvalue weighted by Gasteiger charge is -2.31. The summed E-state index contributed by atoms with van der Waals surface area (Å²) in [4.78, 5) is 35.9. The lowest BCUT2D eigenvalue weighted by molar-refractivity contribution is -0.170. The first-order valence-corrected chi connectivity index (χ1v) is 9.98. The van der Waals surface area contributed by atoms with Crippen molar-refractivity contribution in [3.8, 4) is 0 Å². The fraction of sp³-hybridized carbons (Fsp3) is 0.824. The van der Waals surface area contributed by atoms with Gasteiger partial charge in [-0.15, -0.1) is 0 Å². The Labute approximate surface area is 161 Å². The summed E-state index contributed by atoms with van der Waals surface area (Å²) in [5.74, 6) is -1.46. The molecule has 0 spiro atoms. The second kappa shape index (κ2) is 9.78. The van der Waals surface area contributed by atoms with Gasteiger partial charge < -0.3 is 9.47 Å². The first kappa shape index (κ1) is 23.8. The van der Waals surface area contributed by atoms with Gasteiger partial charge in [0.25, 0.3) is 5.91 Å². The van der Waals surface area contributed by atoms with Crippen LogP contribution in [0.15, 0.2) is 0 Å². The van der Waals surface area contributed by atoms with Crippen LogP contribution in [0.5, 0.6) is 0 Å². The van der Waals surface area contributed by atoms with E-state index < -0.39 is 56.3 Å². The van der Waals surface area contributed by atoms with Gasteiger partial charge in [-0.05, 0) is 54.4 Å². The number of carbonyl (C=O) groups excluding carboxylic acids is 3. The minimum Gasteiger partial charge on any atom is -0.438 e. The first-order chi connectivity index (χ1) is 12.3. The molecule has 0 saturated carbocycles. The van der Waals surface area contributed by atoms with E-state index in [2.05, 4.69) is 0 Å². The quantitative estimate of drug-likeness (QED) is 0.297. The summed E-state index contributed by atoms with van der Waals surface area (Å²) in [6, 6.07) is 0. The van der Waals surface area contributed by atoms with Crippen molar-refractivity contribution in [3.63, 3.8) is 0 Å². The molecule has 1 fully saturated rings. The monoisotopic (exact) mass is 407 g/mol. The number of rotatable bonds is 7. The SMILES string of the molecule is CC(C)(C)C(=O)OCOP(OCOC(=O)C(C)(C)C)C1CCCN(O)C1=O. The van der Waals surface area contributed by atoms with Gasteiger partial charge in [-0.25, -0.2) is 5.06 Å². The van der Waals surface area contributed by atoms with Gasteiger partial charge in [0, 0.05) is 6.54 Å². The van der Waals surface area contributed by atoms with E-state index in [1.54, 1.807) is 41.5 Å². The Balaban J connectivity index is 2.67. The highest BCUT2D eigenvalue weighted by atomic mass is 31.2. The summed E-state index contributed by atoms with van der Waals surface area (Å²) in [5.41, 5.74) is -2.13. The molecule has 1 aliphatic rings. The molecule has 1 N–H and O–H groups in total. The van der Waals surface area contributed by atoms with Crippen molar-refractivity contribution in [2.45, 2.75) is 60.0 Å². The van der Waals surface area contributed by atoms with Crippen molar-refractivity contribution in [1.29, 1.82) is 0 Å². The van der Waals surface area contributed by atoms with E-state index in [1.165, 1.54) is 0 Å². The van der Waals surface area contributed by atoms with E-state index in [0.29, 0.717) is 17.9 Å². The van der Waals surface area contributed by atoms with Crippen molar-refractivity contribution < 1.29 is 38.1 Å². The Morgan fingerprint density at radius 1 is 1.04 bits per heavy atom. The molecule has 0 aliphatic carbocycles. The van der Waals surface area contributed by atoms with Gasteiger partial charge in [-0.1, -0.05) is 0 Å². The number of amides is 1. The standard InChI is InChI=1S/C17H30NO8P/c1-16(2,3)14(20)23-10-25-27(12-8-7-9-18(22)13(12)19)26-11-24-15(21)17(4,5)6/h12,22H,7-11H2,1-6H3. The maximum atomic E-state index is 12.2. The average molecular weight is 407 g/mol. The Hall–Kier alpha value is -1.28. The van der Waals surface area contributed by atoms with Crippen molar-refractivity contribution in [2.75, 3.05) is 20.1 Å². The highest BCUT2D eigenvalue weighted by molar-refractivity contribution is 7.49. The minimum atomic E-state index is -1.88. The van der Waals surface area contributed by atoms with Crippen LogP contribution in [0, 0.1) is 10.8 Å². The minimum absolute atomic E-state index is 0.233. The van der Waals surface area contributed by atoms with Gasteiger partial charge in [0.15, 0.2) is 22.0 Å². The lowest BCUT2D eigenvalue weighted by Crippen LogP contribution is -2.41. The van der Waals surface area contributed by atoms with Crippen LogP contribution in [-0.4, -0.2) is 53.9 Å². The summed E-state index contributed by atoms with van der Waals surface area (Å²) in [6.45, 7) is 9.66. The molecule has 1 atom stereocenters. The van der Waals surface area contributed by atoms with Crippen molar-refractivity contribution in [2.24, 2.45) is 10.8 Å². The summed E-state index contributed by atoms with van der Waals surface area (Å²) in [5, 5.41) is 10.3. The second-order valence-corrected chi connectivity index (χ2v) is 9.97. The fourth-order valence-corrected chi connectivity index (χ4v) is 3.40. The Bertz CT molecular complexity index is 508. The van der Waals surface area contributed by atoms with Gasteiger partial charge in [-0.2, -0.15) is 0 Å². The maximum absolute atomic E-state index is 12.2. The zero-order chi connectivity index (χ0) is 20.8. The summed E-state index contributed by atoms with van der Waals surface area (Å²) in [7, 11) is -1.88. The highest BCUT2D eigenvalue weighted by Crippen LogP contribution is 2.47. The third-order valence-corrected chi connectivity index (χ3v) is 5.31. The number of ether oxygens (including phenoxy) is 2. The van der Waals surface area contributed by atoms with Crippen LogP contribution < -0.4 is 0 Å². The number of hydrogen-bond donors (Lipinski definition) is 1. The number of hydrogen-bond acceptors (Lipinski definition) is 8. The summed E-state index contributed by atoms with van der Waals surface area (Å²) >= 11 is 0. The molecule has 1 rings (SSSR count). The highest BCUT2D eigenvalue weighted by Gasteiger charge is 2.38. The van der Waals surface area contributed by atoms with E-state index in [1.807, 2.05) is 0 Å². The molecular formula is C17H30NO8P. The molecule has 10 heteroatoms. The Kier molecular flexibility index (Phi) is 8.60. The van der Waals surface area contributed by atoms with Gasteiger partial charge >= 0.3 is 11.9 Å². The van der Waals surface area contributed by atoms with Gasteiger partial charge in [0.2, 0.25) is 0 Å². The third kappa shape index (κ3) is 7.70. The van der Waals surface area contributed by atoms with E-state index in [0.717, 1.165) is 0 Å². The largest absolute Gasteiger partial charge is 0.438 e. The van der Waals surface area contributed by atoms with Crippen LogP contribution in [0.25, 0.3) is 0 Å². The maximum Gasteiger partial charge on any atom is 0.313 e. The molecule has 1 unspecified atom stereocenters. The Morgan fingerprint density at radius 2 is 1.48 bits per heavy atom. The predicted molar refractivity (Wildman–Crippen MR) is 96.4 cm³/mol. The van der Waals surface area contributed by atoms with Crippen LogP contribution in [0.2, 0.25) is 0 Å². The molecule has 0 aromatic rings. The average Bonchev–Trinajstić information content (AvgIpc) is 2.54. The van der Waals surface area contributed by atoms with Crippen molar-refractivity contribution >= 4 is 26.2 Å². The predicted octanol–water partition coefficient (Wildman–Crippen LogP) is 2.81. The molecule has 0 radical (unpaired) electrons. The smallest absolute Gasteiger partial charge is 0.313 e. The second-order valence-electron chi connectivity index (χ2n) is 8.26. The van der Waals surface area contributed by atoms with Crippen LogP contribution >= 0.6 is 8.38 Å². The van der Waals surface area contributed by atoms with E-state index in [4.69, 9.17) is 18.5 Å². The third-order valence-electron chi connectivity index (χ3n) is 3.61. The fourth-order valence-electron chi connectivity index (χ4n) is 1.95.